The number of nitrogens with zero attached hydrogens (tertiary/aromatic N) is 2. The van der Waals surface area contributed by atoms with Crippen molar-refractivity contribution in [3.05, 3.63) is 35.4 Å². The summed E-state index contributed by atoms with van der Waals surface area (Å²) in [6.07, 6.45) is 3.76. The number of amides is 1. The van der Waals surface area contributed by atoms with Gasteiger partial charge in [-0.2, -0.15) is 0 Å². The van der Waals surface area contributed by atoms with Gasteiger partial charge in [-0.3, -0.25) is 9.79 Å². The maximum absolute atomic E-state index is 11.1. The van der Waals surface area contributed by atoms with Crippen LogP contribution in [0.3, 0.4) is 0 Å². The van der Waals surface area contributed by atoms with Crippen molar-refractivity contribution in [3.8, 4) is 0 Å². The summed E-state index contributed by atoms with van der Waals surface area (Å²) in [6.45, 7) is 7.44. The van der Waals surface area contributed by atoms with E-state index in [1.54, 1.807) is 12.1 Å². The van der Waals surface area contributed by atoms with Gasteiger partial charge in [0.2, 0.25) is 5.91 Å². The highest BCUT2D eigenvalue weighted by molar-refractivity contribution is 5.92. The average Bonchev–Trinajstić information content (AvgIpc) is 3.07. The molecule has 5 heteroatoms. The van der Waals surface area contributed by atoms with E-state index >= 15 is 0 Å². The van der Waals surface area contributed by atoms with Crippen LogP contribution in [0.2, 0.25) is 0 Å². The van der Waals surface area contributed by atoms with Gasteiger partial charge in [0.1, 0.15) is 0 Å². The van der Waals surface area contributed by atoms with Crippen LogP contribution in [0.25, 0.3) is 0 Å². The SMILES string of the molecule is CCC(CC)C1CCN(C(=NC)NCc2ccc(C(N)=O)cc2)C1. The minimum absolute atomic E-state index is 0.394. The molecule has 1 aliphatic heterocycles. The van der Waals surface area contributed by atoms with Crippen molar-refractivity contribution in [3.63, 3.8) is 0 Å². The topological polar surface area (TPSA) is 70.7 Å². The first-order chi connectivity index (χ1) is 11.6. The molecule has 1 fully saturated rings. The summed E-state index contributed by atoms with van der Waals surface area (Å²) >= 11 is 0. The van der Waals surface area contributed by atoms with Crippen molar-refractivity contribution >= 4 is 11.9 Å². The summed E-state index contributed by atoms with van der Waals surface area (Å²) in [7, 11) is 1.84. The fourth-order valence-corrected chi connectivity index (χ4v) is 3.62. The Balaban J connectivity index is 1.90. The quantitative estimate of drug-likeness (QED) is 0.622. The molecule has 0 spiro atoms. The molecule has 1 saturated heterocycles. The van der Waals surface area contributed by atoms with Crippen molar-refractivity contribution in [1.82, 2.24) is 10.2 Å². The van der Waals surface area contributed by atoms with E-state index in [2.05, 4.69) is 29.1 Å². The molecule has 3 N–H and O–H groups in total. The van der Waals surface area contributed by atoms with Gasteiger partial charge in [-0.05, 0) is 36.0 Å². The molecule has 2 rings (SSSR count). The lowest BCUT2D eigenvalue weighted by atomic mass is 9.87. The molecule has 1 aliphatic rings. The lowest BCUT2D eigenvalue weighted by Gasteiger charge is -2.24. The van der Waals surface area contributed by atoms with Crippen molar-refractivity contribution in [2.45, 2.75) is 39.7 Å². The van der Waals surface area contributed by atoms with Crippen LogP contribution in [0.1, 0.15) is 49.0 Å². The molecule has 1 aromatic rings. The molecule has 0 aromatic heterocycles. The largest absolute Gasteiger partial charge is 0.366 e. The predicted molar refractivity (Wildman–Crippen MR) is 98.9 cm³/mol. The molecule has 5 nitrogen and oxygen atoms in total. The van der Waals surface area contributed by atoms with Gasteiger partial charge in [0, 0.05) is 32.2 Å². The van der Waals surface area contributed by atoms with Crippen molar-refractivity contribution in [1.29, 1.82) is 0 Å². The van der Waals surface area contributed by atoms with Crippen LogP contribution in [0.5, 0.6) is 0 Å². The molecule has 24 heavy (non-hydrogen) atoms. The van der Waals surface area contributed by atoms with Gasteiger partial charge < -0.3 is 16.0 Å². The van der Waals surface area contributed by atoms with Gasteiger partial charge in [0.05, 0.1) is 0 Å². The highest BCUT2D eigenvalue weighted by Crippen LogP contribution is 2.28. The first-order valence-corrected chi connectivity index (χ1v) is 8.93. The van der Waals surface area contributed by atoms with E-state index in [-0.39, 0.29) is 0 Å². The molecule has 0 aliphatic carbocycles. The van der Waals surface area contributed by atoms with Crippen molar-refractivity contribution < 1.29 is 4.79 Å². The molecule has 1 atom stereocenters. The molecule has 1 heterocycles. The number of aliphatic imine (C=N–C) groups is 1. The third kappa shape index (κ3) is 4.49. The van der Waals surface area contributed by atoms with Crippen LogP contribution in [0.15, 0.2) is 29.3 Å². The number of nitrogens with one attached hydrogen (secondary N) is 1. The zero-order chi connectivity index (χ0) is 17.5. The van der Waals surface area contributed by atoms with Gasteiger partial charge in [-0.1, -0.05) is 38.8 Å². The average molecular weight is 330 g/mol. The second kappa shape index (κ2) is 8.71. The Morgan fingerprint density at radius 2 is 2.00 bits per heavy atom. The second-order valence-corrected chi connectivity index (χ2v) is 6.53. The zero-order valence-corrected chi connectivity index (χ0v) is 15.1. The van der Waals surface area contributed by atoms with Crippen LogP contribution in [0, 0.1) is 11.8 Å². The van der Waals surface area contributed by atoms with E-state index in [0.29, 0.717) is 12.1 Å². The summed E-state index contributed by atoms with van der Waals surface area (Å²) in [5, 5.41) is 3.43. The number of nitrogens with two attached hydrogens (primary N) is 1. The maximum Gasteiger partial charge on any atom is 0.248 e. The number of likely N-dealkylation sites (tertiary alicyclic amines) is 1. The molecule has 1 unspecified atom stereocenters. The molecule has 0 saturated carbocycles. The minimum atomic E-state index is -0.394. The molecule has 1 amide bonds. The number of rotatable bonds is 6. The van der Waals surface area contributed by atoms with E-state index in [4.69, 9.17) is 5.73 Å². The van der Waals surface area contributed by atoms with Crippen LogP contribution in [0.4, 0.5) is 0 Å². The van der Waals surface area contributed by atoms with E-state index in [1.807, 2.05) is 19.2 Å². The first-order valence-electron chi connectivity index (χ1n) is 8.93. The Morgan fingerprint density at radius 3 is 2.54 bits per heavy atom. The van der Waals surface area contributed by atoms with Gasteiger partial charge in [-0.15, -0.1) is 0 Å². The number of guanidine groups is 1. The number of hydrogen-bond acceptors (Lipinski definition) is 2. The summed E-state index contributed by atoms with van der Waals surface area (Å²) in [4.78, 5) is 17.9. The smallest absolute Gasteiger partial charge is 0.248 e. The monoisotopic (exact) mass is 330 g/mol. The van der Waals surface area contributed by atoms with E-state index < -0.39 is 5.91 Å². The number of hydrogen-bond donors (Lipinski definition) is 2. The molecular weight excluding hydrogens is 300 g/mol. The van der Waals surface area contributed by atoms with Gasteiger partial charge >= 0.3 is 0 Å². The van der Waals surface area contributed by atoms with Crippen molar-refractivity contribution in [2.75, 3.05) is 20.1 Å². The summed E-state index contributed by atoms with van der Waals surface area (Å²) < 4.78 is 0. The van der Waals surface area contributed by atoms with E-state index in [0.717, 1.165) is 36.4 Å². The predicted octanol–water partition coefficient (Wildman–Crippen LogP) is 2.62. The van der Waals surface area contributed by atoms with Crippen LogP contribution in [-0.2, 0) is 6.54 Å². The van der Waals surface area contributed by atoms with Gasteiger partial charge in [0.25, 0.3) is 0 Å². The molecule has 0 radical (unpaired) electrons. The van der Waals surface area contributed by atoms with Crippen molar-refractivity contribution in [2.24, 2.45) is 22.6 Å². The van der Waals surface area contributed by atoms with Crippen LogP contribution < -0.4 is 11.1 Å². The van der Waals surface area contributed by atoms with Gasteiger partial charge in [-0.25, -0.2) is 0 Å². The zero-order valence-electron chi connectivity index (χ0n) is 15.1. The van der Waals surface area contributed by atoms with E-state index in [9.17, 15) is 4.79 Å². The fraction of sp³-hybridized carbons (Fsp3) is 0.579. The maximum atomic E-state index is 11.1. The standard InChI is InChI=1S/C19H30N4O/c1-4-15(5-2)17-10-11-23(13-17)19(21-3)22-12-14-6-8-16(9-7-14)18(20)24/h6-9,15,17H,4-5,10-13H2,1-3H3,(H2,20,24)(H,21,22). The number of carbonyl (C=O) groups excluding carboxylic acids is 1. The summed E-state index contributed by atoms with van der Waals surface area (Å²) in [5.41, 5.74) is 6.92. The highest BCUT2D eigenvalue weighted by Gasteiger charge is 2.29. The molecule has 132 valence electrons. The third-order valence-electron chi connectivity index (χ3n) is 5.14. The Bertz CT molecular complexity index is 563. The number of benzene rings is 1. The molecular formula is C19H30N4O. The van der Waals surface area contributed by atoms with E-state index in [1.165, 1.54) is 19.3 Å². The Hall–Kier alpha value is -2.04. The minimum Gasteiger partial charge on any atom is -0.366 e. The first kappa shape index (κ1) is 18.3. The normalized spacial score (nSPS) is 18.2. The van der Waals surface area contributed by atoms with Crippen LogP contribution in [-0.4, -0.2) is 36.9 Å². The lowest BCUT2D eigenvalue weighted by molar-refractivity contribution is 0.100. The van der Waals surface area contributed by atoms with Crippen LogP contribution >= 0.6 is 0 Å². The van der Waals surface area contributed by atoms with Gasteiger partial charge in [0.15, 0.2) is 5.96 Å². The molecule has 1 aromatic carbocycles. The summed E-state index contributed by atoms with van der Waals surface area (Å²) in [6, 6.07) is 7.39. The fourth-order valence-electron chi connectivity index (χ4n) is 3.62. The lowest BCUT2D eigenvalue weighted by Crippen LogP contribution is -2.40. The Kier molecular flexibility index (Phi) is 6.64. The Morgan fingerprint density at radius 1 is 1.33 bits per heavy atom. The molecule has 0 bridgehead atoms. The number of primary amides is 1. The number of carbonyl (C=O) groups is 1. The Labute approximate surface area is 145 Å². The third-order valence-corrected chi connectivity index (χ3v) is 5.14. The second-order valence-electron chi connectivity index (χ2n) is 6.53. The summed E-state index contributed by atoms with van der Waals surface area (Å²) in [5.74, 6) is 2.15. The highest BCUT2D eigenvalue weighted by atomic mass is 16.1.